The van der Waals surface area contributed by atoms with Gasteiger partial charge < -0.3 is 0 Å². The van der Waals surface area contributed by atoms with Gasteiger partial charge in [0.1, 0.15) is 0 Å². The summed E-state index contributed by atoms with van der Waals surface area (Å²) in [4.78, 5) is 2.72. The van der Waals surface area contributed by atoms with Crippen LogP contribution >= 0.6 is 11.8 Å². The smallest absolute Gasteiger partial charge is 0.0118 e. The second-order valence-electron chi connectivity index (χ2n) is 3.86. The van der Waals surface area contributed by atoms with E-state index in [2.05, 4.69) is 57.2 Å². The number of hydrogen-bond donors (Lipinski definition) is 0. The Kier molecular flexibility index (Phi) is 4.81. The Balaban J connectivity index is 2.49. The molecule has 0 saturated carbocycles. The van der Waals surface area contributed by atoms with Gasteiger partial charge in [-0.3, -0.25) is 0 Å². The lowest BCUT2D eigenvalue weighted by Crippen LogP contribution is -1.82. The van der Waals surface area contributed by atoms with Gasteiger partial charge in [-0.2, -0.15) is 0 Å². The molecule has 0 heterocycles. The van der Waals surface area contributed by atoms with E-state index in [0.29, 0.717) is 0 Å². The standard InChI is InChI=1S/C13H18S/c1-11(2)9-10-12(3)14-13-7-5-4-6-8-13/h4-8,10-11H,9H2,1-3H3/b12-10+. The Labute approximate surface area is 91.4 Å². The summed E-state index contributed by atoms with van der Waals surface area (Å²) in [5.41, 5.74) is 0. The molecular formula is C13H18S. The topological polar surface area (TPSA) is 0 Å². The van der Waals surface area contributed by atoms with Crippen LogP contribution in [0.25, 0.3) is 0 Å². The average Bonchev–Trinajstić information content (AvgIpc) is 2.16. The molecule has 14 heavy (non-hydrogen) atoms. The lowest BCUT2D eigenvalue weighted by molar-refractivity contribution is 0.663. The first-order chi connectivity index (χ1) is 6.68. The summed E-state index contributed by atoms with van der Waals surface area (Å²) >= 11 is 1.85. The van der Waals surface area contributed by atoms with E-state index in [9.17, 15) is 0 Å². The van der Waals surface area contributed by atoms with Gasteiger partial charge in [0.15, 0.2) is 0 Å². The molecule has 0 spiro atoms. The van der Waals surface area contributed by atoms with Crippen LogP contribution in [0, 0.1) is 5.92 Å². The van der Waals surface area contributed by atoms with E-state index in [1.54, 1.807) is 0 Å². The highest BCUT2D eigenvalue weighted by Crippen LogP contribution is 2.26. The normalized spacial score (nSPS) is 12.1. The minimum Gasteiger partial charge on any atom is -0.0952 e. The molecule has 0 fully saturated rings. The van der Waals surface area contributed by atoms with Gasteiger partial charge in [-0.05, 0) is 36.3 Å². The molecule has 0 aliphatic carbocycles. The number of hydrogen-bond acceptors (Lipinski definition) is 1. The Bertz CT molecular complexity index is 285. The SMILES string of the molecule is C/C(=C\CC(C)C)Sc1ccccc1. The van der Waals surface area contributed by atoms with Gasteiger partial charge in [0, 0.05) is 4.90 Å². The van der Waals surface area contributed by atoms with Crippen molar-refractivity contribution in [2.45, 2.75) is 32.1 Å². The molecule has 1 aromatic rings. The summed E-state index contributed by atoms with van der Waals surface area (Å²) in [6, 6.07) is 10.5. The van der Waals surface area contributed by atoms with Crippen molar-refractivity contribution >= 4 is 11.8 Å². The highest BCUT2D eigenvalue weighted by atomic mass is 32.2. The highest BCUT2D eigenvalue weighted by molar-refractivity contribution is 8.03. The molecule has 0 aliphatic rings. The van der Waals surface area contributed by atoms with Gasteiger partial charge in [0.2, 0.25) is 0 Å². The largest absolute Gasteiger partial charge is 0.0952 e. The van der Waals surface area contributed by atoms with Crippen LogP contribution in [-0.4, -0.2) is 0 Å². The van der Waals surface area contributed by atoms with E-state index in [1.165, 1.54) is 16.2 Å². The maximum atomic E-state index is 2.32. The van der Waals surface area contributed by atoms with Gasteiger partial charge >= 0.3 is 0 Å². The molecule has 0 aromatic heterocycles. The second kappa shape index (κ2) is 5.92. The fourth-order valence-corrected chi connectivity index (χ4v) is 1.96. The predicted molar refractivity (Wildman–Crippen MR) is 65.5 cm³/mol. The Morgan fingerprint density at radius 1 is 1.29 bits per heavy atom. The van der Waals surface area contributed by atoms with Crippen molar-refractivity contribution in [2.75, 3.05) is 0 Å². The quantitative estimate of drug-likeness (QED) is 0.642. The zero-order chi connectivity index (χ0) is 10.4. The molecule has 0 nitrogen and oxygen atoms in total. The molecule has 0 atom stereocenters. The molecular weight excluding hydrogens is 188 g/mol. The van der Waals surface area contributed by atoms with Crippen molar-refractivity contribution in [3.8, 4) is 0 Å². The van der Waals surface area contributed by atoms with Gasteiger partial charge in [0.05, 0.1) is 0 Å². The van der Waals surface area contributed by atoms with Crippen LogP contribution in [0.5, 0.6) is 0 Å². The first-order valence-electron chi connectivity index (χ1n) is 5.08. The maximum Gasteiger partial charge on any atom is 0.0118 e. The molecule has 0 bridgehead atoms. The van der Waals surface area contributed by atoms with Gasteiger partial charge in [-0.1, -0.05) is 49.9 Å². The third-order valence-corrected chi connectivity index (χ3v) is 2.90. The maximum absolute atomic E-state index is 2.32. The van der Waals surface area contributed by atoms with E-state index >= 15 is 0 Å². The van der Waals surface area contributed by atoms with Crippen LogP contribution in [0.4, 0.5) is 0 Å². The van der Waals surface area contributed by atoms with E-state index < -0.39 is 0 Å². The van der Waals surface area contributed by atoms with Crippen molar-refractivity contribution < 1.29 is 0 Å². The summed E-state index contributed by atoms with van der Waals surface area (Å²) in [6.45, 7) is 6.67. The molecule has 0 saturated heterocycles. The van der Waals surface area contributed by atoms with Crippen LogP contribution in [-0.2, 0) is 0 Å². The second-order valence-corrected chi connectivity index (χ2v) is 5.18. The monoisotopic (exact) mass is 206 g/mol. The summed E-state index contributed by atoms with van der Waals surface area (Å²) in [5, 5.41) is 0. The average molecular weight is 206 g/mol. The number of rotatable bonds is 4. The lowest BCUT2D eigenvalue weighted by Gasteiger charge is -2.03. The van der Waals surface area contributed by atoms with Crippen LogP contribution in [0.2, 0.25) is 0 Å². The van der Waals surface area contributed by atoms with Crippen molar-refractivity contribution in [3.63, 3.8) is 0 Å². The number of benzene rings is 1. The first kappa shape index (κ1) is 11.4. The predicted octanol–water partition coefficient (Wildman–Crippen LogP) is 4.73. The molecule has 0 N–H and O–H groups in total. The molecule has 0 radical (unpaired) electrons. The summed E-state index contributed by atoms with van der Waals surface area (Å²) in [6.07, 6.45) is 3.49. The molecule has 76 valence electrons. The molecule has 1 rings (SSSR count). The lowest BCUT2D eigenvalue weighted by atomic mass is 10.1. The molecule has 0 aliphatic heterocycles. The number of thioether (sulfide) groups is 1. The van der Waals surface area contributed by atoms with E-state index in [4.69, 9.17) is 0 Å². The third-order valence-electron chi connectivity index (χ3n) is 1.90. The van der Waals surface area contributed by atoms with Crippen LogP contribution in [0.3, 0.4) is 0 Å². The molecule has 0 amide bonds. The van der Waals surface area contributed by atoms with Crippen LogP contribution < -0.4 is 0 Å². The van der Waals surface area contributed by atoms with Crippen molar-refractivity contribution in [1.29, 1.82) is 0 Å². The fourth-order valence-electron chi connectivity index (χ4n) is 1.12. The van der Waals surface area contributed by atoms with Crippen molar-refractivity contribution in [1.82, 2.24) is 0 Å². The minimum atomic E-state index is 0.751. The minimum absolute atomic E-state index is 0.751. The Morgan fingerprint density at radius 3 is 2.50 bits per heavy atom. The number of allylic oxidation sites excluding steroid dienone is 2. The van der Waals surface area contributed by atoms with Crippen LogP contribution in [0.1, 0.15) is 27.2 Å². The first-order valence-corrected chi connectivity index (χ1v) is 5.90. The third kappa shape index (κ3) is 4.52. The fraction of sp³-hybridized carbons (Fsp3) is 0.385. The molecule has 1 aromatic carbocycles. The zero-order valence-electron chi connectivity index (χ0n) is 9.16. The van der Waals surface area contributed by atoms with E-state index in [0.717, 1.165) is 5.92 Å². The van der Waals surface area contributed by atoms with Gasteiger partial charge in [-0.25, -0.2) is 0 Å². The Hall–Kier alpha value is -0.690. The Morgan fingerprint density at radius 2 is 1.93 bits per heavy atom. The van der Waals surface area contributed by atoms with Crippen LogP contribution in [0.15, 0.2) is 46.2 Å². The highest BCUT2D eigenvalue weighted by Gasteiger charge is 1.95. The summed E-state index contributed by atoms with van der Waals surface area (Å²) < 4.78 is 0. The van der Waals surface area contributed by atoms with Crippen molar-refractivity contribution in [3.05, 3.63) is 41.3 Å². The van der Waals surface area contributed by atoms with Crippen molar-refractivity contribution in [2.24, 2.45) is 5.92 Å². The van der Waals surface area contributed by atoms with E-state index in [1.807, 2.05) is 11.8 Å². The summed E-state index contributed by atoms with van der Waals surface area (Å²) in [5.74, 6) is 0.751. The van der Waals surface area contributed by atoms with Gasteiger partial charge in [-0.15, -0.1) is 0 Å². The molecule has 1 heteroatoms. The van der Waals surface area contributed by atoms with E-state index in [-0.39, 0.29) is 0 Å². The molecule has 0 unspecified atom stereocenters. The van der Waals surface area contributed by atoms with Gasteiger partial charge in [0.25, 0.3) is 0 Å². The zero-order valence-corrected chi connectivity index (χ0v) is 9.97. The summed E-state index contributed by atoms with van der Waals surface area (Å²) in [7, 11) is 0.